The molecule has 0 unspecified atom stereocenters. The van der Waals surface area contributed by atoms with Crippen molar-refractivity contribution in [2.75, 3.05) is 5.32 Å². The molecule has 0 aliphatic rings. The van der Waals surface area contributed by atoms with E-state index in [0.29, 0.717) is 28.4 Å². The first-order valence-corrected chi connectivity index (χ1v) is 5.62. The molecule has 7 nitrogen and oxygen atoms in total. The van der Waals surface area contributed by atoms with Gasteiger partial charge in [0.25, 0.3) is 5.56 Å². The summed E-state index contributed by atoms with van der Waals surface area (Å²) < 4.78 is 6.50. The molecule has 90 valence electrons. The molecule has 2 rings (SSSR count). The van der Waals surface area contributed by atoms with Crippen molar-refractivity contribution in [2.24, 2.45) is 7.05 Å². The van der Waals surface area contributed by atoms with Crippen LogP contribution in [0.4, 0.5) is 5.69 Å². The summed E-state index contributed by atoms with van der Waals surface area (Å²) in [6, 6.07) is 0. The molecule has 17 heavy (non-hydrogen) atoms. The number of nitrogens with one attached hydrogen (secondary N) is 1. The topological polar surface area (TPSA) is 85.8 Å². The zero-order valence-electron chi connectivity index (χ0n) is 9.27. The van der Waals surface area contributed by atoms with Crippen LogP contribution in [0, 0.1) is 6.92 Å². The van der Waals surface area contributed by atoms with Crippen LogP contribution in [0.3, 0.4) is 0 Å². The number of nitrogens with zero attached hydrogens (tertiary/aromatic N) is 4. The molecule has 0 aliphatic heterocycles. The lowest BCUT2D eigenvalue weighted by Crippen LogP contribution is -2.21. The van der Waals surface area contributed by atoms with Crippen molar-refractivity contribution in [1.82, 2.24) is 19.9 Å². The third-order valence-electron chi connectivity index (χ3n) is 2.08. The van der Waals surface area contributed by atoms with Crippen LogP contribution in [0.15, 0.2) is 20.0 Å². The fourth-order valence-electron chi connectivity index (χ4n) is 1.22. The molecule has 0 aromatic carbocycles. The molecule has 0 amide bonds. The Kier molecular flexibility index (Phi) is 3.23. The number of hydrogen-bond donors (Lipinski definition) is 1. The van der Waals surface area contributed by atoms with Crippen LogP contribution in [-0.4, -0.2) is 19.9 Å². The van der Waals surface area contributed by atoms with Gasteiger partial charge in [0.15, 0.2) is 5.82 Å². The molecule has 0 spiro atoms. The van der Waals surface area contributed by atoms with Crippen molar-refractivity contribution in [3.8, 4) is 0 Å². The van der Waals surface area contributed by atoms with Crippen molar-refractivity contribution in [3.05, 3.63) is 32.7 Å². The van der Waals surface area contributed by atoms with Crippen molar-refractivity contribution in [2.45, 2.75) is 13.5 Å². The fourth-order valence-corrected chi connectivity index (χ4v) is 1.72. The molecule has 0 fully saturated rings. The van der Waals surface area contributed by atoms with Gasteiger partial charge in [0.1, 0.15) is 4.47 Å². The molecule has 0 saturated carbocycles. The molecule has 0 aliphatic carbocycles. The Morgan fingerprint density at radius 2 is 2.35 bits per heavy atom. The average molecular weight is 300 g/mol. The van der Waals surface area contributed by atoms with E-state index in [-0.39, 0.29) is 5.56 Å². The van der Waals surface area contributed by atoms with E-state index in [0.717, 1.165) is 0 Å². The van der Waals surface area contributed by atoms with E-state index in [2.05, 4.69) is 36.5 Å². The third kappa shape index (κ3) is 2.52. The van der Waals surface area contributed by atoms with Gasteiger partial charge >= 0.3 is 0 Å². The summed E-state index contributed by atoms with van der Waals surface area (Å²) in [6.45, 7) is 2.08. The summed E-state index contributed by atoms with van der Waals surface area (Å²) in [7, 11) is 1.58. The highest BCUT2D eigenvalue weighted by molar-refractivity contribution is 9.10. The summed E-state index contributed by atoms with van der Waals surface area (Å²) in [6.07, 6.45) is 1.55. The first kappa shape index (κ1) is 11.8. The van der Waals surface area contributed by atoms with Crippen molar-refractivity contribution >= 4 is 21.6 Å². The Morgan fingerprint density at radius 1 is 1.59 bits per heavy atom. The minimum absolute atomic E-state index is 0.209. The minimum atomic E-state index is -0.209. The van der Waals surface area contributed by atoms with Crippen molar-refractivity contribution in [3.63, 3.8) is 0 Å². The molecule has 0 radical (unpaired) electrons. The maximum Gasteiger partial charge on any atom is 0.282 e. The fraction of sp³-hybridized carbons (Fsp3) is 0.333. The van der Waals surface area contributed by atoms with E-state index in [9.17, 15) is 4.79 Å². The SMILES string of the molecule is Cc1nc(CNc2cnn(C)c(=O)c2Br)no1. The zero-order valence-corrected chi connectivity index (χ0v) is 10.9. The lowest BCUT2D eigenvalue weighted by atomic mass is 10.4. The average Bonchev–Trinajstić information content (AvgIpc) is 2.71. The van der Waals surface area contributed by atoms with Crippen molar-refractivity contribution in [1.29, 1.82) is 0 Å². The summed E-state index contributed by atoms with van der Waals surface area (Å²) in [5.41, 5.74) is 0.384. The quantitative estimate of drug-likeness (QED) is 0.904. The predicted molar refractivity (Wildman–Crippen MR) is 63.5 cm³/mol. The van der Waals surface area contributed by atoms with Gasteiger partial charge in [-0.05, 0) is 15.9 Å². The van der Waals surface area contributed by atoms with Crippen LogP contribution in [0.1, 0.15) is 11.7 Å². The normalized spacial score (nSPS) is 10.5. The third-order valence-corrected chi connectivity index (χ3v) is 2.85. The Balaban J connectivity index is 2.15. The first-order valence-electron chi connectivity index (χ1n) is 4.83. The standard InChI is InChI=1S/C9H10BrN5O2/c1-5-13-7(14-17-5)4-11-6-3-12-15(2)9(16)8(6)10/h3,11H,4H2,1-2H3. The molecule has 8 heteroatoms. The number of rotatable bonds is 3. The highest BCUT2D eigenvalue weighted by Crippen LogP contribution is 2.16. The molecule has 0 bridgehead atoms. The van der Waals surface area contributed by atoms with Crippen LogP contribution < -0.4 is 10.9 Å². The first-order chi connectivity index (χ1) is 8.08. The van der Waals surface area contributed by atoms with Crippen LogP contribution >= 0.6 is 15.9 Å². The van der Waals surface area contributed by atoms with Gasteiger partial charge in [-0.25, -0.2) is 4.68 Å². The maximum absolute atomic E-state index is 11.6. The predicted octanol–water partition coefficient (Wildman–Crippen LogP) is 0.846. The van der Waals surface area contributed by atoms with Gasteiger partial charge < -0.3 is 9.84 Å². The summed E-state index contributed by atoms with van der Waals surface area (Å²) in [4.78, 5) is 15.6. The lowest BCUT2D eigenvalue weighted by Gasteiger charge is -2.06. The Morgan fingerprint density at radius 3 is 3.00 bits per heavy atom. The minimum Gasteiger partial charge on any atom is -0.375 e. The molecule has 2 heterocycles. The molecule has 2 aromatic heterocycles. The van der Waals surface area contributed by atoms with Crippen LogP contribution in [0.25, 0.3) is 0 Å². The highest BCUT2D eigenvalue weighted by atomic mass is 79.9. The highest BCUT2D eigenvalue weighted by Gasteiger charge is 2.08. The summed E-state index contributed by atoms with van der Waals surface area (Å²) in [5.74, 6) is 1.03. The number of aromatic nitrogens is 4. The van der Waals surface area contributed by atoms with E-state index in [4.69, 9.17) is 4.52 Å². The van der Waals surface area contributed by atoms with Gasteiger partial charge in [0, 0.05) is 14.0 Å². The molecular formula is C9H10BrN5O2. The summed E-state index contributed by atoms with van der Waals surface area (Å²) >= 11 is 3.21. The van der Waals surface area contributed by atoms with E-state index < -0.39 is 0 Å². The van der Waals surface area contributed by atoms with E-state index in [1.165, 1.54) is 4.68 Å². The smallest absolute Gasteiger partial charge is 0.282 e. The van der Waals surface area contributed by atoms with Crippen LogP contribution in [0.5, 0.6) is 0 Å². The van der Waals surface area contributed by atoms with Gasteiger partial charge in [-0.15, -0.1) is 0 Å². The van der Waals surface area contributed by atoms with Crippen LogP contribution in [0.2, 0.25) is 0 Å². The Hall–Kier alpha value is -1.70. The molecular weight excluding hydrogens is 290 g/mol. The van der Waals surface area contributed by atoms with E-state index in [1.54, 1.807) is 20.2 Å². The Labute approximate surface area is 105 Å². The largest absolute Gasteiger partial charge is 0.375 e. The zero-order chi connectivity index (χ0) is 12.4. The second-order valence-electron chi connectivity index (χ2n) is 3.38. The number of halogens is 1. The van der Waals surface area contributed by atoms with Gasteiger partial charge in [0.2, 0.25) is 5.89 Å². The maximum atomic E-state index is 11.6. The van der Waals surface area contributed by atoms with Gasteiger partial charge in [0.05, 0.1) is 18.4 Å². The second kappa shape index (κ2) is 4.66. The van der Waals surface area contributed by atoms with E-state index >= 15 is 0 Å². The monoisotopic (exact) mass is 299 g/mol. The molecule has 1 N–H and O–H groups in total. The molecule has 0 saturated heterocycles. The number of aryl methyl sites for hydroxylation is 2. The number of hydrogen-bond acceptors (Lipinski definition) is 6. The summed E-state index contributed by atoms with van der Waals surface area (Å²) in [5, 5.41) is 10.6. The number of anilines is 1. The van der Waals surface area contributed by atoms with Crippen LogP contribution in [-0.2, 0) is 13.6 Å². The van der Waals surface area contributed by atoms with Gasteiger partial charge in [-0.1, -0.05) is 5.16 Å². The molecule has 2 aromatic rings. The van der Waals surface area contributed by atoms with E-state index in [1.807, 2.05) is 0 Å². The molecule has 0 atom stereocenters. The van der Waals surface area contributed by atoms with Crippen molar-refractivity contribution < 1.29 is 4.52 Å². The second-order valence-corrected chi connectivity index (χ2v) is 4.18. The van der Waals surface area contributed by atoms with Gasteiger partial charge in [-0.3, -0.25) is 4.79 Å². The van der Waals surface area contributed by atoms with Gasteiger partial charge in [-0.2, -0.15) is 10.1 Å². The Bertz CT molecular complexity index is 591. The lowest BCUT2D eigenvalue weighted by molar-refractivity contribution is 0.388.